The molecule has 0 unspecified atom stereocenters. The molecule has 0 saturated heterocycles. The molecule has 1 atom stereocenters. The highest BCUT2D eigenvalue weighted by Gasteiger charge is 2.18. The third-order valence-corrected chi connectivity index (χ3v) is 10.1. The number of esters is 2. The van der Waals surface area contributed by atoms with Crippen LogP contribution < -0.4 is 9.79 Å². The number of hydrogen-bond donors (Lipinski definition) is 2. The number of phosphoric acid groups is 1. The lowest BCUT2D eigenvalue weighted by atomic mass is 10.0. The molecule has 58 heavy (non-hydrogen) atoms. The third-order valence-electron chi connectivity index (χ3n) is 9.66. The Labute approximate surface area is 357 Å². The summed E-state index contributed by atoms with van der Waals surface area (Å²) in [6.45, 7) is 5.72. The molecule has 2 N–H and O–H groups in total. The van der Waals surface area contributed by atoms with Crippen LogP contribution in [0.2, 0.25) is 0 Å². The van der Waals surface area contributed by atoms with Crippen molar-refractivity contribution >= 4 is 19.8 Å². The Hall–Kier alpha value is -1.11. The van der Waals surface area contributed by atoms with Crippen LogP contribution in [0.1, 0.15) is 194 Å². The first-order valence-electron chi connectivity index (χ1n) is 23.2. The number of unbranched alkanes of at least 4 members (excludes halogenated alkanes) is 24. The van der Waals surface area contributed by atoms with Crippen LogP contribution in [-0.2, 0) is 28.2 Å². The van der Waals surface area contributed by atoms with E-state index in [2.05, 4.69) is 60.7 Å². The monoisotopic (exact) mass is 855 g/mol. The highest BCUT2D eigenvalue weighted by molar-refractivity contribution is 7.43. The van der Waals surface area contributed by atoms with E-state index >= 15 is 0 Å². The Balaban J connectivity index is -0.00000182. The Kier molecular flexibility index (Phi) is 44.9. The summed E-state index contributed by atoms with van der Waals surface area (Å²) in [5.41, 5.74) is 0. The minimum atomic E-state index is -5.24. The van der Waals surface area contributed by atoms with E-state index in [9.17, 15) is 23.9 Å². The van der Waals surface area contributed by atoms with Crippen molar-refractivity contribution in [2.45, 2.75) is 200 Å². The number of carbonyl (C=O) groups excluding carboxylic acids is 2. The average molecular weight is 855 g/mol. The molecule has 0 bridgehead atoms. The van der Waals surface area contributed by atoms with Gasteiger partial charge in [-0.25, -0.2) is 0 Å². The molecule has 0 aliphatic rings. The molecule has 350 valence electrons. The van der Waals surface area contributed by atoms with Crippen LogP contribution in [0.4, 0.5) is 0 Å². The molecular weight excluding hydrogens is 759 g/mol. The molecule has 0 amide bonds. The van der Waals surface area contributed by atoms with Gasteiger partial charge in [0.25, 0.3) is 0 Å². The predicted octanol–water partition coefficient (Wildman–Crippen LogP) is 8.62. The van der Waals surface area contributed by atoms with E-state index in [4.69, 9.17) is 19.7 Å². The van der Waals surface area contributed by atoms with Gasteiger partial charge in [-0.3, -0.25) is 9.59 Å². The van der Waals surface area contributed by atoms with Crippen molar-refractivity contribution in [3.05, 3.63) is 0 Å². The Morgan fingerprint density at radius 3 is 1.05 bits per heavy atom. The zero-order chi connectivity index (χ0) is 44.4. The number of nitrogens with zero attached hydrogens (tertiary/aromatic N) is 2. The van der Waals surface area contributed by atoms with Crippen molar-refractivity contribution in [2.24, 2.45) is 0 Å². The van der Waals surface area contributed by atoms with Crippen molar-refractivity contribution in [1.29, 1.82) is 0 Å². The lowest BCUT2D eigenvalue weighted by Gasteiger charge is -2.30. The molecule has 13 heteroatoms. The maximum Gasteiger partial charge on any atom is 0.306 e. The van der Waals surface area contributed by atoms with Gasteiger partial charge < -0.3 is 47.5 Å². The molecule has 0 rings (SSSR count). The van der Waals surface area contributed by atoms with Crippen LogP contribution in [-0.4, -0.2) is 119 Å². The molecule has 0 aromatic carbocycles. The quantitative estimate of drug-likeness (QED) is 0.0266. The molecule has 0 radical (unpaired) electrons. The maximum atomic E-state index is 12.3. The van der Waals surface area contributed by atoms with E-state index in [-0.39, 0.29) is 32.7 Å². The van der Waals surface area contributed by atoms with E-state index in [1.807, 2.05) is 0 Å². The second-order valence-corrected chi connectivity index (χ2v) is 19.2. The van der Waals surface area contributed by atoms with E-state index in [0.29, 0.717) is 12.8 Å². The van der Waals surface area contributed by atoms with Crippen LogP contribution >= 0.6 is 7.82 Å². The first-order chi connectivity index (χ1) is 27.4. The maximum absolute atomic E-state index is 12.3. The molecule has 0 aliphatic heterocycles. The highest BCUT2D eigenvalue weighted by Crippen LogP contribution is 2.25. The molecular formula is C45H95N2O10P. The van der Waals surface area contributed by atoms with E-state index in [1.54, 1.807) is 0 Å². The zero-order valence-electron chi connectivity index (χ0n) is 39.1. The highest BCUT2D eigenvalue weighted by atomic mass is 31.2. The van der Waals surface area contributed by atoms with Gasteiger partial charge in [0.15, 0.2) is 6.10 Å². The summed E-state index contributed by atoms with van der Waals surface area (Å²) in [4.78, 5) is 46.3. The van der Waals surface area contributed by atoms with Crippen molar-refractivity contribution in [2.75, 3.05) is 81.8 Å². The number of rotatable bonds is 38. The second-order valence-electron chi connectivity index (χ2n) is 18.0. The summed E-state index contributed by atoms with van der Waals surface area (Å²) in [5, 5.41) is 16.8. The fourth-order valence-electron chi connectivity index (χ4n) is 5.97. The van der Waals surface area contributed by atoms with Gasteiger partial charge in [-0.2, -0.15) is 0 Å². The summed E-state index contributed by atoms with van der Waals surface area (Å²) < 4.78 is 27.4. The molecule has 0 saturated carbocycles. The normalized spacial score (nSPS) is 12.3. The van der Waals surface area contributed by atoms with E-state index < -0.39 is 32.5 Å². The lowest BCUT2D eigenvalue weighted by molar-refractivity contribution is -0.870. The second kappa shape index (κ2) is 42.6. The number of quaternary nitrogens is 2. The summed E-state index contributed by atoms with van der Waals surface area (Å²) in [7, 11) is 7.07. The number of aliphatic hydroxyl groups excluding tert-OH is 2. The Bertz CT molecular complexity index is 921. The standard InChI is InChI=1S/C35H69O8P.2C5H14NO/c1-3-5-7-9-11-13-15-17-19-21-23-25-27-29-34(36)41-31-33(32-42-44(38,39)40)43-35(37)30-28-26-24-22-20-18-16-14-12-10-8-6-4-2;2*1-6(2,3)4-5-7/h33H,3-32H2,1-2H3,(H2,38,39,40);2*7H,4-5H2,1-3H3/q;2*+1/p-2/t33-;;/m1../s1. The van der Waals surface area contributed by atoms with Crippen LogP contribution in [0, 0.1) is 0 Å². The zero-order valence-corrected chi connectivity index (χ0v) is 40.0. The fraction of sp³-hybridized carbons (Fsp3) is 0.956. The van der Waals surface area contributed by atoms with Gasteiger partial charge in [0.05, 0.1) is 69.9 Å². The molecule has 0 heterocycles. The Morgan fingerprint density at radius 1 is 0.500 bits per heavy atom. The van der Waals surface area contributed by atoms with Gasteiger partial charge in [0.2, 0.25) is 0 Å². The fourth-order valence-corrected chi connectivity index (χ4v) is 6.32. The van der Waals surface area contributed by atoms with Gasteiger partial charge in [-0.05, 0) is 12.8 Å². The average Bonchev–Trinajstić information content (AvgIpc) is 3.12. The SMILES string of the molecule is CCCCCCCCCCCCCCCC(=O)OC[C@H](COP(=O)([O-])[O-])OC(=O)CCCCCCCCCCCCCCC.C[N+](C)(C)CCO.C[N+](C)(C)CCO. The number of phosphoric ester groups is 1. The minimum absolute atomic E-state index is 0.188. The van der Waals surface area contributed by atoms with Gasteiger partial charge in [-0.1, -0.05) is 168 Å². The number of carbonyl (C=O) groups is 2. The number of likely N-dealkylation sites (N-methyl/N-ethyl adjacent to an activating group) is 2. The molecule has 0 spiro atoms. The molecule has 0 aromatic rings. The first kappa shape index (κ1) is 61.2. The van der Waals surface area contributed by atoms with Crippen molar-refractivity contribution < 1.29 is 57.1 Å². The number of ether oxygens (including phenoxy) is 2. The van der Waals surface area contributed by atoms with Crippen LogP contribution in [0.15, 0.2) is 0 Å². The van der Waals surface area contributed by atoms with Crippen LogP contribution in [0.3, 0.4) is 0 Å². The molecule has 0 aliphatic carbocycles. The van der Waals surface area contributed by atoms with Crippen LogP contribution in [0.25, 0.3) is 0 Å². The third kappa shape index (κ3) is 59.2. The van der Waals surface area contributed by atoms with Gasteiger partial charge in [-0.15, -0.1) is 0 Å². The topological polar surface area (TPSA) is 165 Å². The first-order valence-corrected chi connectivity index (χ1v) is 24.7. The van der Waals surface area contributed by atoms with Crippen LogP contribution in [0.5, 0.6) is 0 Å². The number of hydrogen-bond acceptors (Lipinski definition) is 10. The summed E-state index contributed by atoms with van der Waals surface area (Å²) in [6.07, 6.45) is 30.6. The van der Waals surface area contributed by atoms with E-state index in [1.165, 1.54) is 122 Å². The Morgan fingerprint density at radius 2 is 0.793 bits per heavy atom. The lowest BCUT2D eigenvalue weighted by Crippen LogP contribution is -2.36. The summed E-state index contributed by atoms with van der Waals surface area (Å²) in [6, 6.07) is 0. The smallest absolute Gasteiger partial charge is 0.306 e. The molecule has 0 fully saturated rings. The van der Waals surface area contributed by atoms with Crippen molar-refractivity contribution in [1.82, 2.24) is 0 Å². The molecule has 12 nitrogen and oxygen atoms in total. The molecule has 0 aromatic heterocycles. The van der Waals surface area contributed by atoms with Gasteiger partial charge >= 0.3 is 11.9 Å². The van der Waals surface area contributed by atoms with Gasteiger partial charge in [0, 0.05) is 12.8 Å². The predicted molar refractivity (Wildman–Crippen MR) is 235 cm³/mol. The largest absolute Gasteiger partial charge is 0.790 e. The summed E-state index contributed by atoms with van der Waals surface area (Å²) in [5.74, 6) is -0.945. The minimum Gasteiger partial charge on any atom is -0.790 e. The summed E-state index contributed by atoms with van der Waals surface area (Å²) >= 11 is 0. The van der Waals surface area contributed by atoms with Crippen molar-refractivity contribution in [3.8, 4) is 0 Å². The number of aliphatic hydroxyl groups is 2. The van der Waals surface area contributed by atoms with Gasteiger partial charge in [0.1, 0.15) is 19.7 Å². The van der Waals surface area contributed by atoms with Crippen molar-refractivity contribution in [3.63, 3.8) is 0 Å². The van der Waals surface area contributed by atoms with E-state index in [0.717, 1.165) is 54.2 Å².